The SMILES string of the molecule is CCCCSCc1ccccc1C1(O)CCNCC1. The van der Waals surface area contributed by atoms with Gasteiger partial charge in [0.2, 0.25) is 0 Å². The summed E-state index contributed by atoms with van der Waals surface area (Å²) in [5.74, 6) is 2.23. The van der Waals surface area contributed by atoms with Crippen molar-refractivity contribution in [3.63, 3.8) is 0 Å². The van der Waals surface area contributed by atoms with Crippen molar-refractivity contribution in [3.05, 3.63) is 35.4 Å². The molecule has 1 aromatic rings. The first kappa shape index (κ1) is 14.9. The number of rotatable bonds is 6. The Morgan fingerprint density at radius 1 is 1.26 bits per heavy atom. The zero-order chi connectivity index (χ0) is 13.6. The van der Waals surface area contributed by atoms with E-state index in [9.17, 15) is 5.11 Å². The standard InChI is InChI=1S/C16H25NOS/c1-2-3-12-19-13-14-6-4-5-7-15(14)16(18)8-10-17-11-9-16/h4-7,17-18H,2-3,8-13H2,1H3. The van der Waals surface area contributed by atoms with E-state index in [0.29, 0.717) is 0 Å². The quantitative estimate of drug-likeness (QED) is 0.784. The smallest absolute Gasteiger partial charge is 0.0923 e. The Morgan fingerprint density at radius 2 is 2.00 bits per heavy atom. The molecule has 0 bridgehead atoms. The average molecular weight is 279 g/mol. The number of thioether (sulfide) groups is 1. The van der Waals surface area contributed by atoms with Crippen LogP contribution in [0.1, 0.15) is 43.7 Å². The van der Waals surface area contributed by atoms with Crippen LogP contribution in [0.2, 0.25) is 0 Å². The van der Waals surface area contributed by atoms with Crippen molar-refractivity contribution >= 4 is 11.8 Å². The van der Waals surface area contributed by atoms with E-state index < -0.39 is 5.60 Å². The molecule has 106 valence electrons. The molecule has 0 atom stereocenters. The van der Waals surface area contributed by atoms with Crippen molar-refractivity contribution < 1.29 is 5.11 Å². The highest BCUT2D eigenvalue weighted by molar-refractivity contribution is 7.98. The van der Waals surface area contributed by atoms with Crippen molar-refractivity contribution in [2.24, 2.45) is 0 Å². The minimum atomic E-state index is -0.618. The summed E-state index contributed by atoms with van der Waals surface area (Å²) in [6.07, 6.45) is 4.18. The van der Waals surface area contributed by atoms with Crippen LogP contribution in [0, 0.1) is 0 Å². The van der Waals surface area contributed by atoms with E-state index in [-0.39, 0.29) is 0 Å². The van der Waals surface area contributed by atoms with Gasteiger partial charge in [-0.1, -0.05) is 37.6 Å². The van der Waals surface area contributed by atoms with Crippen LogP contribution in [0.5, 0.6) is 0 Å². The molecule has 2 nitrogen and oxygen atoms in total. The minimum Gasteiger partial charge on any atom is -0.385 e. The van der Waals surface area contributed by atoms with E-state index in [1.165, 1.54) is 24.2 Å². The summed E-state index contributed by atoms with van der Waals surface area (Å²) in [6.45, 7) is 4.05. The maximum Gasteiger partial charge on any atom is 0.0923 e. The van der Waals surface area contributed by atoms with Crippen LogP contribution in [0.3, 0.4) is 0 Å². The minimum absolute atomic E-state index is 0.618. The molecular formula is C16H25NOS. The molecule has 0 aromatic heterocycles. The van der Waals surface area contributed by atoms with Gasteiger partial charge in [0.05, 0.1) is 5.60 Å². The molecule has 0 aliphatic carbocycles. The summed E-state index contributed by atoms with van der Waals surface area (Å²) in [7, 11) is 0. The predicted molar refractivity (Wildman–Crippen MR) is 83.5 cm³/mol. The summed E-state index contributed by atoms with van der Waals surface area (Å²) in [5, 5.41) is 14.2. The molecular weight excluding hydrogens is 254 g/mol. The largest absolute Gasteiger partial charge is 0.385 e. The number of nitrogens with one attached hydrogen (secondary N) is 1. The van der Waals surface area contributed by atoms with Gasteiger partial charge in [-0.05, 0) is 49.2 Å². The second kappa shape index (κ2) is 7.32. The lowest BCUT2D eigenvalue weighted by Gasteiger charge is -2.34. The van der Waals surface area contributed by atoms with Gasteiger partial charge in [0.1, 0.15) is 0 Å². The highest BCUT2D eigenvalue weighted by Crippen LogP contribution is 2.34. The Kier molecular flexibility index (Phi) is 5.74. The molecule has 1 aliphatic rings. The number of hydrogen-bond acceptors (Lipinski definition) is 3. The van der Waals surface area contributed by atoms with Crippen LogP contribution >= 0.6 is 11.8 Å². The van der Waals surface area contributed by atoms with E-state index in [1.807, 2.05) is 11.8 Å². The molecule has 2 rings (SSSR count). The summed E-state index contributed by atoms with van der Waals surface area (Å²) in [4.78, 5) is 0. The Bertz CT molecular complexity index is 388. The van der Waals surface area contributed by atoms with Gasteiger partial charge in [0.25, 0.3) is 0 Å². The summed E-state index contributed by atoms with van der Waals surface area (Å²) < 4.78 is 0. The van der Waals surface area contributed by atoms with Gasteiger partial charge < -0.3 is 10.4 Å². The van der Waals surface area contributed by atoms with Crippen molar-refractivity contribution in [2.75, 3.05) is 18.8 Å². The molecule has 0 saturated carbocycles. The number of hydrogen-bond donors (Lipinski definition) is 2. The molecule has 0 amide bonds. The Balaban J connectivity index is 2.06. The molecule has 1 heterocycles. The Labute approximate surface area is 121 Å². The third kappa shape index (κ3) is 3.98. The number of unbranched alkanes of at least 4 members (excludes halogenated alkanes) is 1. The van der Waals surface area contributed by atoms with Crippen LogP contribution in [0.15, 0.2) is 24.3 Å². The molecule has 2 N–H and O–H groups in total. The highest BCUT2D eigenvalue weighted by Gasteiger charge is 2.32. The first-order valence-corrected chi connectivity index (χ1v) is 8.51. The van der Waals surface area contributed by atoms with E-state index in [4.69, 9.17) is 0 Å². The van der Waals surface area contributed by atoms with Crippen LogP contribution in [0.25, 0.3) is 0 Å². The fraction of sp³-hybridized carbons (Fsp3) is 0.625. The molecule has 1 aromatic carbocycles. The van der Waals surface area contributed by atoms with Gasteiger partial charge in [-0.25, -0.2) is 0 Å². The molecule has 0 radical (unpaired) electrons. The monoisotopic (exact) mass is 279 g/mol. The molecule has 3 heteroatoms. The predicted octanol–water partition coefficient (Wildman–Crippen LogP) is 3.29. The second-order valence-electron chi connectivity index (χ2n) is 5.34. The van der Waals surface area contributed by atoms with Gasteiger partial charge in [-0.15, -0.1) is 0 Å². The van der Waals surface area contributed by atoms with Gasteiger partial charge in [-0.2, -0.15) is 11.8 Å². The third-order valence-electron chi connectivity index (χ3n) is 3.85. The Hall–Kier alpha value is -0.510. The lowest BCUT2D eigenvalue weighted by atomic mass is 9.83. The zero-order valence-corrected chi connectivity index (χ0v) is 12.6. The van der Waals surface area contributed by atoms with E-state index in [1.54, 1.807) is 0 Å². The third-order valence-corrected chi connectivity index (χ3v) is 4.94. The van der Waals surface area contributed by atoms with Gasteiger partial charge in [-0.3, -0.25) is 0 Å². The van der Waals surface area contributed by atoms with Crippen molar-refractivity contribution in [2.45, 2.75) is 44.0 Å². The van der Waals surface area contributed by atoms with E-state index in [2.05, 4.69) is 36.5 Å². The normalized spacial score (nSPS) is 18.4. The first-order valence-electron chi connectivity index (χ1n) is 7.35. The Morgan fingerprint density at radius 3 is 2.74 bits per heavy atom. The summed E-state index contributed by atoms with van der Waals surface area (Å²) in [5.41, 5.74) is 1.85. The molecule has 0 unspecified atom stereocenters. The summed E-state index contributed by atoms with van der Waals surface area (Å²) in [6, 6.07) is 8.43. The van der Waals surface area contributed by atoms with Crippen LogP contribution in [-0.2, 0) is 11.4 Å². The van der Waals surface area contributed by atoms with Crippen molar-refractivity contribution in [1.29, 1.82) is 0 Å². The molecule has 19 heavy (non-hydrogen) atoms. The fourth-order valence-electron chi connectivity index (χ4n) is 2.64. The molecule has 1 fully saturated rings. The van der Waals surface area contributed by atoms with E-state index in [0.717, 1.165) is 37.2 Å². The molecule has 1 saturated heterocycles. The zero-order valence-electron chi connectivity index (χ0n) is 11.8. The van der Waals surface area contributed by atoms with Gasteiger partial charge >= 0.3 is 0 Å². The second-order valence-corrected chi connectivity index (χ2v) is 6.45. The van der Waals surface area contributed by atoms with Crippen LogP contribution < -0.4 is 5.32 Å². The average Bonchev–Trinajstić information content (AvgIpc) is 2.45. The van der Waals surface area contributed by atoms with Crippen LogP contribution in [-0.4, -0.2) is 23.9 Å². The van der Waals surface area contributed by atoms with Crippen LogP contribution in [0.4, 0.5) is 0 Å². The topological polar surface area (TPSA) is 32.3 Å². The summed E-state index contributed by atoms with van der Waals surface area (Å²) >= 11 is 1.98. The molecule has 1 aliphatic heterocycles. The number of benzene rings is 1. The van der Waals surface area contributed by atoms with Gasteiger partial charge in [0.15, 0.2) is 0 Å². The van der Waals surface area contributed by atoms with Gasteiger partial charge in [0, 0.05) is 5.75 Å². The lowest BCUT2D eigenvalue weighted by molar-refractivity contribution is 0.00533. The van der Waals surface area contributed by atoms with E-state index >= 15 is 0 Å². The lowest BCUT2D eigenvalue weighted by Crippen LogP contribution is -2.40. The highest BCUT2D eigenvalue weighted by atomic mass is 32.2. The number of piperidine rings is 1. The maximum atomic E-state index is 10.9. The maximum absolute atomic E-state index is 10.9. The fourth-order valence-corrected chi connectivity index (χ4v) is 3.75. The van der Waals surface area contributed by atoms with Crippen molar-refractivity contribution in [1.82, 2.24) is 5.32 Å². The van der Waals surface area contributed by atoms with Crippen molar-refractivity contribution in [3.8, 4) is 0 Å². The number of aliphatic hydroxyl groups is 1. The molecule has 0 spiro atoms. The first-order chi connectivity index (χ1) is 9.26.